The molecule has 2 N–H and O–H groups in total. The Balaban J connectivity index is 0.841. The minimum atomic E-state index is -0.0614. The maximum absolute atomic E-state index is 13.7. The standard InChI is InChI=1S/C40H46N4O7/c1-47-29-9-7-25(8-10-29)26-15-27-21-41-32-18-36(34(48-2)16-30(32)38(45)43(27)23-26)50-13-5-4-6-14-51-37-19-33-31(17-35(37)49-3)39(46)44-24-40(11-12-40)20-28(44)22-42-33/h7-10,16-19,23,27-28,41-42H,4-6,11-15,20-22,24H2,1-3H3/t27-,28-/m0/s1. The average Bonchev–Trinajstić information content (AvgIpc) is 3.69. The Morgan fingerprint density at radius 3 is 1.92 bits per heavy atom. The van der Waals surface area contributed by atoms with Crippen LogP contribution in [0.15, 0.2) is 54.7 Å². The number of methoxy groups -OCH3 is 3. The lowest BCUT2D eigenvalue weighted by molar-refractivity contribution is 0.0743. The van der Waals surface area contributed by atoms with Crippen LogP contribution in [-0.4, -0.2) is 87.9 Å². The predicted octanol–water partition coefficient (Wildman–Crippen LogP) is 6.44. The van der Waals surface area contributed by atoms with Crippen LogP contribution in [-0.2, 0) is 0 Å². The summed E-state index contributed by atoms with van der Waals surface area (Å²) in [6.07, 6.45) is 8.83. The molecule has 3 aromatic carbocycles. The molecule has 3 aromatic rings. The van der Waals surface area contributed by atoms with E-state index in [1.807, 2.05) is 53.6 Å². The fraction of sp³-hybridized carbons (Fsp3) is 0.450. The van der Waals surface area contributed by atoms with E-state index in [4.69, 9.17) is 23.7 Å². The zero-order valence-corrected chi connectivity index (χ0v) is 29.6. The highest BCUT2D eigenvalue weighted by Gasteiger charge is 2.54. The molecule has 1 aliphatic carbocycles. The van der Waals surface area contributed by atoms with Crippen molar-refractivity contribution in [2.24, 2.45) is 5.41 Å². The summed E-state index contributed by atoms with van der Waals surface area (Å²) in [5.74, 6) is 3.17. The summed E-state index contributed by atoms with van der Waals surface area (Å²) < 4.78 is 28.9. The molecule has 11 nitrogen and oxygen atoms in total. The van der Waals surface area contributed by atoms with E-state index in [9.17, 15) is 9.59 Å². The van der Waals surface area contributed by atoms with E-state index in [2.05, 4.69) is 15.5 Å². The third-order valence-electron chi connectivity index (χ3n) is 11.1. The summed E-state index contributed by atoms with van der Waals surface area (Å²) in [6, 6.07) is 15.6. The topological polar surface area (TPSA) is 111 Å². The number of anilines is 2. The first kappa shape index (κ1) is 33.1. The molecule has 1 spiro atoms. The monoisotopic (exact) mass is 694 g/mol. The molecule has 4 aliphatic heterocycles. The van der Waals surface area contributed by atoms with Crippen molar-refractivity contribution in [2.45, 2.75) is 57.0 Å². The molecule has 5 aliphatic rings. The summed E-state index contributed by atoms with van der Waals surface area (Å²) in [4.78, 5) is 31.1. The fourth-order valence-electron chi connectivity index (χ4n) is 8.00. The minimum Gasteiger partial charge on any atom is -0.497 e. The Morgan fingerprint density at radius 1 is 0.725 bits per heavy atom. The van der Waals surface area contributed by atoms with Gasteiger partial charge in [-0.05, 0) is 85.8 Å². The summed E-state index contributed by atoms with van der Waals surface area (Å²) in [7, 11) is 4.86. The number of fused-ring (bicyclic) bond motifs is 4. The zero-order valence-electron chi connectivity index (χ0n) is 29.6. The second-order valence-corrected chi connectivity index (χ2v) is 14.4. The van der Waals surface area contributed by atoms with Gasteiger partial charge in [-0.15, -0.1) is 0 Å². The lowest BCUT2D eigenvalue weighted by atomic mass is 10.0. The number of carbonyl (C=O) groups is 2. The molecule has 8 rings (SSSR count). The molecule has 0 bridgehead atoms. The predicted molar refractivity (Wildman–Crippen MR) is 194 cm³/mol. The van der Waals surface area contributed by atoms with Gasteiger partial charge in [-0.2, -0.15) is 0 Å². The Kier molecular flexibility index (Phi) is 8.81. The van der Waals surface area contributed by atoms with E-state index in [0.29, 0.717) is 59.3 Å². The Hall–Kier alpha value is -5.06. The summed E-state index contributed by atoms with van der Waals surface area (Å²) >= 11 is 0. The number of carbonyl (C=O) groups excluding carboxylic acids is 2. The van der Waals surface area contributed by atoms with Crippen molar-refractivity contribution in [3.8, 4) is 28.7 Å². The molecule has 268 valence electrons. The van der Waals surface area contributed by atoms with Gasteiger partial charge in [0.1, 0.15) is 5.75 Å². The lowest BCUT2D eigenvalue weighted by Gasteiger charge is -2.21. The number of unbranched alkanes of at least 4 members (excludes halogenated alkanes) is 2. The number of benzene rings is 3. The van der Waals surface area contributed by atoms with Crippen LogP contribution >= 0.6 is 0 Å². The zero-order chi connectivity index (χ0) is 35.1. The molecule has 4 heterocycles. The quantitative estimate of drug-likeness (QED) is 0.207. The third kappa shape index (κ3) is 6.38. The molecule has 1 saturated carbocycles. The molecule has 2 amide bonds. The number of ether oxygens (including phenoxy) is 5. The van der Waals surface area contributed by atoms with E-state index < -0.39 is 0 Å². The van der Waals surface area contributed by atoms with Crippen LogP contribution in [0.1, 0.15) is 71.2 Å². The summed E-state index contributed by atoms with van der Waals surface area (Å²) in [5.41, 5.74) is 5.34. The second-order valence-electron chi connectivity index (χ2n) is 14.4. The maximum Gasteiger partial charge on any atom is 0.260 e. The highest BCUT2D eigenvalue weighted by molar-refractivity contribution is 6.03. The van der Waals surface area contributed by atoms with E-state index >= 15 is 0 Å². The number of amides is 2. The van der Waals surface area contributed by atoms with Gasteiger partial charge in [0.2, 0.25) is 0 Å². The first-order valence-electron chi connectivity index (χ1n) is 18.0. The Labute approximate surface area is 298 Å². The molecule has 2 atom stereocenters. The SMILES string of the molecule is COc1ccc(C2=CN3C(=O)c4cc(OC)c(OCCCCCOc5cc6c(cc5OC)C(=O)N5CC7(CC7)C[C@H]5CN6)cc4NC[C@@H]3C2)cc1. The lowest BCUT2D eigenvalue weighted by Crippen LogP contribution is -2.37. The minimum absolute atomic E-state index is 0.0108. The average molecular weight is 695 g/mol. The smallest absolute Gasteiger partial charge is 0.260 e. The summed E-state index contributed by atoms with van der Waals surface area (Å²) in [6.45, 7) is 3.26. The largest absolute Gasteiger partial charge is 0.497 e. The van der Waals surface area contributed by atoms with E-state index in [1.54, 1.807) is 27.4 Å². The van der Waals surface area contributed by atoms with Crippen molar-refractivity contribution in [2.75, 3.05) is 64.8 Å². The molecule has 2 fully saturated rings. The van der Waals surface area contributed by atoms with Gasteiger partial charge in [-0.25, -0.2) is 0 Å². The molecule has 0 aromatic heterocycles. The van der Waals surface area contributed by atoms with Crippen LogP contribution in [0.2, 0.25) is 0 Å². The van der Waals surface area contributed by atoms with Crippen LogP contribution in [0.4, 0.5) is 11.4 Å². The van der Waals surface area contributed by atoms with Crippen molar-refractivity contribution in [3.63, 3.8) is 0 Å². The van der Waals surface area contributed by atoms with Gasteiger partial charge in [-0.3, -0.25) is 9.59 Å². The third-order valence-corrected chi connectivity index (χ3v) is 11.1. The Morgan fingerprint density at radius 2 is 1.33 bits per heavy atom. The maximum atomic E-state index is 13.7. The molecular formula is C40H46N4O7. The molecular weight excluding hydrogens is 648 g/mol. The van der Waals surface area contributed by atoms with Gasteiger partial charge in [0.25, 0.3) is 11.8 Å². The highest BCUT2D eigenvalue weighted by atomic mass is 16.5. The van der Waals surface area contributed by atoms with Crippen LogP contribution < -0.4 is 34.3 Å². The van der Waals surface area contributed by atoms with E-state index in [-0.39, 0.29) is 23.9 Å². The molecule has 51 heavy (non-hydrogen) atoms. The van der Waals surface area contributed by atoms with Crippen LogP contribution in [0.3, 0.4) is 0 Å². The van der Waals surface area contributed by atoms with Gasteiger partial charge >= 0.3 is 0 Å². The first-order chi connectivity index (χ1) is 24.9. The normalized spacial score (nSPS) is 20.9. The van der Waals surface area contributed by atoms with E-state index in [0.717, 1.165) is 73.5 Å². The summed E-state index contributed by atoms with van der Waals surface area (Å²) in [5, 5.41) is 7.01. The van der Waals surface area contributed by atoms with Crippen molar-refractivity contribution in [3.05, 3.63) is 71.4 Å². The van der Waals surface area contributed by atoms with Crippen LogP contribution in [0.25, 0.3) is 5.57 Å². The van der Waals surface area contributed by atoms with Gasteiger partial charge in [0.15, 0.2) is 23.0 Å². The molecule has 1 saturated heterocycles. The second kappa shape index (κ2) is 13.6. The Bertz CT molecular complexity index is 1850. The number of hydrogen-bond donors (Lipinski definition) is 2. The highest BCUT2D eigenvalue weighted by Crippen LogP contribution is 2.55. The van der Waals surface area contributed by atoms with E-state index in [1.165, 1.54) is 12.8 Å². The van der Waals surface area contributed by atoms with Crippen molar-refractivity contribution in [1.29, 1.82) is 0 Å². The van der Waals surface area contributed by atoms with Crippen molar-refractivity contribution >= 4 is 28.8 Å². The molecule has 0 unspecified atom stereocenters. The molecule has 0 radical (unpaired) electrons. The number of nitrogens with zero attached hydrogens (tertiary/aromatic N) is 2. The molecule has 11 heteroatoms. The number of hydrogen-bond acceptors (Lipinski definition) is 9. The van der Waals surface area contributed by atoms with Gasteiger partial charge < -0.3 is 44.1 Å². The number of rotatable bonds is 12. The number of nitrogens with one attached hydrogen (secondary N) is 2. The van der Waals surface area contributed by atoms with Gasteiger partial charge in [0.05, 0.1) is 63.1 Å². The van der Waals surface area contributed by atoms with Crippen LogP contribution in [0.5, 0.6) is 28.7 Å². The fourth-order valence-corrected chi connectivity index (χ4v) is 8.00. The van der Waals surface area contributed by atoms with Gasteiger partial charge in [-0.1, -0.05) is 12.1 Å². The van der Waals surface area contributed by atoms with Crippen molar-refractivity contribution in [1.82, 2.24) is 9.80 Å². The van der Waals surface area contributed by atoms with Gasteiger partial charge in [0, 0.05) is 44.0 Å². The van der Waals surface area contributed by atoms with Crippen molar-refractivity contribution < 1.29 is 33.3 Å². The van der Waals surface area contributed by atoms with Crippen LogP contribution in [0, 0.1) is 5.41 Å². The first-order valence-corrected chi connectivity index (χ1v) is 18.0.